The highest BCUT2D eigenvalue weighted by Gasteiger charge is 2.46. The van der Waals surface area contributed by atoms with Crippen LogP contribution < -0.4 is 4.74 Å². The number of aliphatic hydroxyl groups is 1. The number of carbonyl (C=O) groups is 2. The summed E-state index contributed by atoms with van der Waals surface area (Å²) in [6.45, 7) is 2.11. The number of ketones is 1. The standard InChI is InChI=1S/C24H20ClNO6/c1-2-31-19-12-15(7-10-18(19)27)21-20(22(28)14-5-8-16(25)9-6-14)23(29)24(30)26(21)13-17-4-3-11-32-17/h3-12,21,27-28H,2,13H2,1H3/b22-20-. The molecular formula is C24H20ClNO6. The van der Waals surface area contributed by atoms with Gasteiger partial charge in [-0.15, -0.1) is 0 Å². The van der Waals surface area contributed by atoms with E-state index in [1.807, 2.05) is 0 Å². The minimum absolute atomic E-state index is 0.0183. The topological polar surface area (TPSA) is 100 Å². The monoisotopic (exact) mass is 453 g/mol. The summed E-state index contributed by atoms with van der Waals surface area (Å²) in [5.41, 5.74) is 0.767. The molecule has 7 nitrogen and oxygen atoms in total. The molecule has 1 fully saturated rings. The SMILES string of the molecule is CCOc1cc(C2/C(=C(/O)c3ccc(Cl)cc3)C(=O)C(=O)N2Cc2ccco2)ccc1O. The molecule has 1 aliphatic heterocycles. The van der Waals surface area contributed by atoms with Gasteiger partial charge in [0.05, 0.1) is 31.0 Å². The van der Waals surface area contributed by atoms with Crippen LogP contribution in [0.4, 0.5) is 0 Å². The molecule has 0 spiro atoms. The predicted octanol–water partition coefficient (Wildman–Crippen LogP) is 4.66. The van der Waals surface area contributed by atoms with Gasteiger partial charge in [0.15, 0.2) is 11.5 Å². The smallest absolute Gasteiger partial charge is 0.296 e. The zero-order valence-corrected chi connectivity index (χ0v) is 17.9. The third-order valence-electron chi connectivity index (χ3n) is 5.16. The largest absolute Gasteiger partial charge is 0.507 e. The van der Waals surface area contributed by atoms with Crippen LogP contribution in [0, 0.1) is 0 Å². The summed E-state index contributed by atoms with van der Waals surface area (Å²) in [5, 5.41) is 21.6. The van der Waals surface area contributed by atoms with Crippen molar-refractivity contribution in [2.45, 2.75) is 19.5 Å². The molecule has 1 unspecified atom stereocenters. The first-order valence-electron chi connectivity index (χ1n) is 9.93. The number of nitrogens with zero attached hydrogens (tertiary/aromatic N) is 1. The van der Waals surface area contributed by atoms with Crippen molar-refractivity contribution in [3.05, 3.63) is 88.3 Å². The first kappa shape index (κ1) is 21.5. The highest BCUT2D eigenvalue weighted by molar-refractivity contribution is 6.46. The van der Waals surface area contributed by atoms with Crippen LogP contribution in [0.25, 0.3) is 5.76 Å². The van der Waals surface area contributed by atoms with Gasteiger partial charge in [-0.25, -0.2) is 0 Å². The molecule has 0 bridgehead atoms. The molecule has 0 saturated carbocycles. The van der Waals surface area contributed by atoms with E-state index in [0.717, 1.165) is 0 Å². The number of hydrogen-bond donors (Lipinski definition) is 2. The lowest BCUT2D eigenvalue weighted by Crippen LogP contribution is -2.29. The molecule has 4 rings (SSSR count). The fraction of sp³-hybridized carbons (Fsp3) is 0.167. The fourth-order valence-electron chi connectivity index (χ4n) is 3.70. The zero-order valence-electron chi connectivity index (χ0n) is 17.1. The van der Waals surface area contributed by atoms with E-state index in [1.54, 1.807) is 55.5 Å². The summed E-state index contributed by atoms with van der Waals surface area (Å²) < 4.78 is 10.9. The Morgan fingerprint density at radius 1 is 1.16 bits per heavy atom. The number of aliphatic hydroxyl groups excluding tert-OH is 1. The molecule has 1 aliphatic rings. The molecule has 32 heavy (non-hydrogen) atoms. The molecule has 2 N–H and O–H groups in total. The van der Waals surface area contributed by atoms with Crippen molar-refractivity contribution in [3.63, 3.8) is 0 Å². The summed E-state index contributed by atoms with van der Waals surface area (Å²) in [7, 11) is 0. The summed E-state index contributed by atoms with van der Waals surface area (Å²) in [6.07, 6.45) is 1.47. The molecular weight excluding hydrogens is 434 g/mol. The number of halogens is 1. The van der Waals surface area contributed by atoms with Gasteiger partial charge in [0.2, 0.25) is 0 Å². The lowest BCUT2D eigenvalue weighted by molar-refractivity contribution is -0.140. The van der Waals surface area contributed by atoms with Gasteiger partial charge in [0.25, 0.3) is 11.7 Å². The Kier molecular flexibility index (Phi) is 5.92. The Labute approximate surface area is 189 Å². The number of rotatable bonds is 6. The van der Waals surface area contributed by atoms with Gasteiger partial charge < -0.3 is 24.3 Å². The Hall–Kier alpha value is -3.71. The highest BCUT2D eigenvalue weighted by atomic mass is 35.5. The number of likely N-dealkylation sites (tertiary alicyclic amines) is 1. The van der Waals surface area contributed by atoms with Crippen LogP contribution in [-0.2, 0) is 16.1 Å². The zero-order chi connectivity index (χ0) is 22.8. The Morgan fingerprint density at radius 3 is 2.56 bits per heavy atom. The molecule has 1 amide bonds. The van der Waals surface area contributed by atoms with Crippen LogP contribution in [0.3, 0.4) is 0 Å². The fourth-order valence-corrected chi connectivity index (χ4v) is 3.82. The minimum atomic E-state index is -0.921. The van der Waals surface area contributed by atoms with Gasteiger partial charge in [0.1, 0.15) is 11.5 Å². The second-order valence-corrected chi connectivity index (χ2v) is 7.61. The summed E-state index contributed by atoms with van der Waals surface area (Å²) in [4.78, 5) is 27.3. The molecule has 164 valence electrons. The predicted molar refractivity (Wildman–Crippen MR) is 117 cm³/mol. The van der Waals surface area contributed by atoms with Crippen molar-refractivity contribution >= 4 is 29.1 Å². The molecule has 1 saturated heterocycles. The van der Waals surface area contributed by atoms with Crippen LogP contribution in [-0.4, -0.2) is 33.4 Å². The maximum absolute atomic E-state index is 13.0. The van der Waals surface area contributed by atoms with E-state index >= 15 is 0 Å². The van der Waals surface area contributed by atoms with Gasteiger partial charge in [-0.3, -0.25) is 9.59 Å². The van der Waals surface area contributed by atoms with Gasteiger partial charge >= 0.3 is 0 Å². The van der Waals surface area contributed by atoms with Crippen LogP contribution in [0.15, 0.2) is 70.9 Å². The molecule has 3 aromatic rings. The Morgan fingerprint density at radius 2 is 1.91 bits per heavy atom. The van der Waals surface area contributed by atoms with Crippen molar-refractivity contribution in [3.8, 4) is 11.5 Å². The molecule has 0 radical (unpaired) electrons. The minimum Gasteiger partial charge on any atom is -0.507 e. The molecule has 8 heteroatoms. The van der Waals surface area contributed by atoms with Gasteiger partial charge in [0, 0.05) is 10.6 Å². The van der Waals surface area contributed by atoms with E-state index < -0.39 is 17.7 Å². The number of amides is 1. The second-order valence-electron chi connectivity index (χ2n) is 7.17. The number of Topliss-reactive ketones (excluding diaryl/α,β-unsaturated/α-hetero) is 1. The molecule has 2 aromatic carbocycles. The number of benzene rings is 2. The average Bonchev–Trinajstić information content (AvgIpc) is 3.38. The molecule has 2 heterocycles. The van der Waals surface area contributed by atoms with Crippen molar-refractivity contribution < 1.29 is 29.0 Å². The summed E-state index contributed by atoms with van der Waals surface area (Å²) in [6, 6.07) is 13.3. The van der Waals surface area contributed by atoms with E-state index in [1.165, 1.54) is 17.2 Å². The number of phenols is 1. The van der Waals surface area contributed by atoms with Crippen LogP contribution in [0.5, 0.6) is 11.5 Å². The lowest BCUT2D eigenvalue weighted by atomic mass is 9.95. The van der Waals surface area contributed by atoms with E-state index in [0.29, 0.717) is 28.5 Å². The third kappa shape index (κ3) is 3.94. The highest BCUT2D eigenvalue weighted by Crippen LogP contribution is 2.42. The first-order valence-corrected chi connectivity index (χ1v) is 10.3. The third-order valence-corrected chi connectivity index (χ3v) is 5.42. The van der Waals surface area contributed by atoms with Crippen LogP contribution >= 0.6 is 11.6 Å². The van der Waals surface area contributed by atoms with Gasteiger partial charge in [-0.1, -0.05) is 17.7 Å². The molecule has 0 aliphatic carbocycles. The van der Waals surface area contributed by atoms with Crippen molar-refractivity contribution in [1.29, 1.82) is 0 Å². The second kappa shape index (κ2) is 8.80. The first-order chi connectivity index (χ1) is 15.4. The average molecular weight is 454 g/mol. The van der Waals surface area contributed by atoms with Gasteiger partial charge in [-0.2, -0.15) is 0 Å². The van der Waals surface area contributed by atoms with Crippen molar-refractivity contribution in [2.24, 2.45) is 0 Å². The number of hydrogen-bond acceptors (Lipinski definition) is 6. The van der Waals surface area contributed by atoms with Crippen molar-refractivity contribution in [1.82, 2.24) is 4.90 Å². The number of aromatic hydroxyl groups is 1. The number of phenolic OH excluding ortho intramolecular Hbond substituents is 1. The quantitative estimate of drug-likeness (QED) is 0.320. The maximum Gasteiger partial charge on any atom is 0.296 e. The maximum atomic E-state index is 13.0. The Bertz CT molecular complexity index is 1180. The van der Waals surface area contributed by atoms with E-state index in [4.69, 9.17) is 20.8 Å². The van der Waals surface area contributed by atoms with E-state index in [-0.39, 0.29) is 29.4 Å². The van der Waals surface area contributed by atoms with E-state index in [9.17, 15) is 19.8 Å². The van der Waals surface area contributed by atoms with Crippen LogP contribution in [0.2, 0.25) is 5.02 Å². The Balaban J connectivity index is 1.88. The number of carbonyl (C=O) groups excluding carboxylic acids is 2. The van der Waals surface area contributed by atoms with Crippen LogP contribution in [0.1, 0.15) is 29.9 Å². The van der Waals surface area contributed by atoms with E-state index in [2.05, 4.69) is 0 Å². The lowest BCUT2D eigenvalue weighted by Gasteiger charge is -2.25. The van der Waals surface area contributed by atoms with Gasteiger partial charge in [-0.05, 0) is 61.0 Å². The summed E-state index contributed by atoms with van der Waals surface area (Å²) >= 11 is 5.94. The normalized spacial score (nSPS) is 17.7. The van der Waals surface area contributed by atoms with Crippen molar-refractivity contribution in [2.75, 3.05) is 6.61 Å². The number of furan rings is 1. The number of ether oxygens (including phenoxy) is 1. The summed E-state index contributed by atoms with van der Waals surface area (Å²) in [5.74, 6) is -1.30. The molecule has 1 atom stereocenters. The molecule has 1 aromatic heterocycles.